The number of nitrogens with one attached hydrogen (secondary N) is 1. The van der Waals surface area contributed by atoms with E-state index in [-0.39, 0.29) is 11.8 Å². The Kier molecular flexibility index (Phi) is 8.52. The number of hydrogen-bond acceptors (Lipinski definition) is 2. The first kappa shape index (κ1) is 22.0. The van der Waals surface area contributed by atoms with Gasteiger partial charge in [0.05, 0.1) is 0 Å². The molecule has 28 heavy (non-hydrogen) atoms. The first-order chi connectivity index (χ1) is 13.4. The molecular weight excluding hydrogens is 372 g/mol. The predicted molar refractivity (Wildman–Crippen MR) is 114 cm³/mol. The molecule has 0 aliphatic carbocycles. The van der Waals surface area contributed by atoms with Crippen LogP contribution in [0.2, 0.25) is 5.02 Å². The molecule has 0 saturated carbocycles. The van der Waals surface area contributed by atoms with Crippen LogP contribution in [-0.2, 0) is 22.6 Å². The van der Waals surface area contributed by atoms with Crippen LogP contribution in [0.5, 0.6) is 0 Å². The van der Waals surface area contributed by atoms with Crippen molar-refractivity contribution in [3.8, 4) is 0 Å². The molecule has 0 spiro atoms. The van der Waals surface area contributed by atoms with Gasteiger partial charge in [-0.1, -0.05) is 74.8 Å². The van der Waals surface area contributed by atoms with Gasteiger partial charge in [-0.25, -0.2) is 0 Å². The van der Waals surface area contributed by atoms with Crippen molar-refractivity contribution in [1.29, 1.82) is 0 Å². The Hall–Kier alpha value is -2.33. The lowest BCUT2D eigenvalue weighted by molar-refractivity contribution is -0.141. The normalized spacial score (nSPS) is 11.9. The van der Waals surface area contributed by atoms with E-state index in [1.165, 1.54) is 0 Å². The highest BCUT2D eigenvalue weighted by Gasteiger charge is 2.29. The van der Waals surface area contributed by atoms with Crippen molar-refractivity contribution in [3.63, 3.8) is 0 Å². The van der Waals surface area contributed by atoms with E-state index in [0.717, 1.165) is 11.1 Å². The molecule has 0 aromatic heterocycles. The smallest absolute Gasteiger partial charge is 0.243 e. The second kappa shape index (κ2) is 10.9. The van der Waals surface area contributed by atoms with Crippen molar-refractivity contribution >= 4 is 23.4 Å². The second-order valence-electron chi connectivity index (χ2n) is 7.35. The van der Waals surface area contributed by atoms with Crippen molar-refractivity contribution < 1.29 is 9.59 Å². The van der Waals surface area contributed by atoms with Crippen LogP contribution in [0, 0.1) is 5.92 Å². The molecule has 1 atom stereocenters. The zero-order valence-electron chi connectivity index (χ0n) is 16.8. The minimum Gasteiger partial charge on any atom is -0.354 e. The number of carbonyl (C=O) groups is 2. The molecule has 0 aliphatic heterocycles. The van der Waals surface area contributed by atoms with Gasteiger partial charge >= 0.3 is 0 Å². The minimum absolute atomic E-state index is 0.0458. The van der Waals surface area contributed by atoms with Crippen LogP contribution in [0.1, 0.15) is 38.3 Å². The average molecular weight is 401 g/mol. The maximum Gasteiger partial charge on any atom is 0.243 e. The molecule has 2 rings (SSSR count). The Labute approximate surface area is 172 Å². The van der Waals surface area contributed by atoms with Crippen LogP contribution in [0.25, 0.3) is 0 Å². The molecule has 2 amide bonds. The minimum atomic E-state index is -0.565. The number of hydrogen-bond donors (Lipinski definition) is 1. The molecule has 0 saturated heterocycles. The maximum absolute atomic E-state index is 13.0. The predicted octanol–water partition coefficient (Wildman–Crippen LogP) is 4.46. The summed E-state index contributed by atoms with van der Waals surface area (Å²) >= 11 is 5.98. The van der Waals surface area contributed by atoms with E-state index in [0.29, 0.717) is 36.9 Å². The van der Waals surface area contributed by atoms with E-state index in [2.05, 4.69) is 19.2 Å². The summed E-state index contributed by atoms with van der Waals surface area (Å²) in [5, 5.41) is 3.65. The standard InChI is InChI=1S/C23H29ClN2O2/c1-4-22(27)26(16-19-10-12-20(24)13-11-19)21(23(28)25-15-17(2)3)14-18-8-6-5-7-9-18/h5-13,17,21H,4,14-16H2,1-3H3,(H,25,28)/t21-/m1/s1. The van der Waals surface area contributed by atoms with Gasteiger partial charge in [0.15, 0.2) is 0 Å². The summed E-state index contributed by atoms with van der Waals surface area (Å²) < 4.78 is 0. The number of nitrogens with zero attached hydrogens (tertiary/aromatic N) is 1. The highest BCUT2D eigenvalue weighted by molar-refractivity contribution is 6.30. The molecule has 0 unspecified atom stereocenters. The van der Waals surface area contributed by atoms with E-state index in [9.17, 15) is 9.59 Å². The van der Waals surface area contributed by atoms with Crippen LogP contribution in [0.4, 0.5) is 0 Å². The molecular formula is C23H29ClN2O2. The lowest BCUT2D eigenvalue weighted by Crippen LogP contribution is -2.50. The molecule has 0 radical (unpaired) electrons. The van der Waals surface area contributed by atoms with Gasteiger partial charge < -0.3 is 10.2 Å². The SMILES string of the molecule is CCC(=O)N(Cc1ccc(Cl)cc1)[C@H](Cc1ccccc1)C(=O)NCC(C)C. The van der Waals surface area contributed by atoms with Crippen molar-refractivity contribution in [3.05, 3.63) is 70.7 Å². The van der Waals surface area contributed by atoms with Gasteiger partial charge in [-0.05, 0) is 29.2 Å². The quantitative estimate of drug-likeness (QED) is 0.675. The third-order valence-corrected chi connectivity index (χ3v) is 4.78. The Morgan fingerprint density at radius 3 is 2.21 bits per heavy atom. The molecule has 4 nitrogen and oxygen atoms in total. The first-order valence-corrected chi connectivity index (χ1v) is 10.1. The summed E-state index contributed by atoms with van der Waals surface area (Å²) in [6.45, 7) is 6.88. The third-order valence-electron chi connectivity index (χ3n) is 4.52. The highest BCUT2D eigenvalue weighted by atomic mass is 35.5. The zero-order valence-corrected chi connectivity index (χ0v) is 17.6. The van der Waals surface area contributed by atoms with Gasteiger partial charge in [0, 0.05) is 31.0 Å². The van der Waals surface area contributed by atoms with Crippen LogP contribution in [0.15, 0.2) is 54.6 Å². The highest BCUT2D eigenvalue weighted by Crippen LogP contribution is 2.17. The van der Waals surface area contributed by atoms with Crippen LogP contribution in [-0.4, -0.2) is 29.3 Å². The Bertz CT molecular complexity index is 760. The number of amides is 2. The van der Waals surface area contributed by atoms with E-state index in [1.807, 2.05) is 49.4 Å². The first-order valence-electron chi connectivity index (χ1n) is 9.76. The largest absolute Gasteiger partial charge is 0.354 e. The second-order valence-corrected chi connectivity index (χ2v) is 7.78. The fourth-order valence-corrected chi connectivity index (χ4v) is 3.09. The topological polar surface area (TPSA) is 49.4 Å². The molecule has 5 heteroatoms. The Morgan fingerprint density at radius 1 is 1.00 bits per heavy atom. The summed E-state index contributed by atoms with van der Waals surface area (Å²) in [5.41, 5.74) is 1.97. The zero-order chi connectivity index (χ0) is 20.5. The van der Waals surface area contributed by atoms with Gasteiger partial charge in [0.2, 0.25) is 11.8 Å². The Balaban J connectivity index is 2.31. The van der Waals surface area contributed by atoms with Gasteiger partial charge in [-0.15, -0.1) is 0 Å². The van der Waals surface area contributed by atoms with Crippen molar-refractivity contribution in [2.75, 3.05) is 6.54 Å². The van der Waals surface area contributed by atoms with Crippen LogP contribution < -0.4 is 5.32 Å². The number of carbonyl (C=O) groups excluding carboxylic acids is 2. The van der Waals surface area contributed by atoms with Crippen LogP contribution in [0.3, 0.4) is 0 Å². The van der Waals surface area contributed by atoms with Crippen molar-refractivity contribution in [2.45, 2.75) is 46.2 Å². The van der Waals surface area contributed by atoms with Gasteiger partial charge in [-0.3, -0.25) is 9.59 Å². The van der Waals surface area contributed by atoms with Crippen molar-refractivity contribution in [2.24, 2.45) is 5.92 Å². The fourth-order valence-electron chi connectivity index (χ4n) is 2.97. The van der Waals surface area contributed by atoms with Gasteiger partial charge in [0.1, 0.15) is 6.04 Å². The van der Waals surface area contributed by atoms with Crippen LogP contribution >= 0.6 is 11.6 Å². The average Bonchev–Trinajstić information content (AvgIpc) is 2.70. The molecule has 0 fully saturated rings. The van der Waals surface area contributed by atoms with E-state index >= 15 is 0 Å². The summed E-state index contributed by atoms with van der Waals surface area (Å²) in [5.74, 6) is 0.178. The van der Waals surface area contributed by atoms with Gasteiger partial charge in [-0.2, -0.15) is 0 Å². The number of rotatable bonds is 9. The van der Waals surface area contributed by atoms with Gasteiger partial charge in [0.25, 0.3) is 0 Å². The lowest BCUT2D eigenvalue weighted by Gasteiger charge is -2.31. The van der Waals surface area contributed by atoms with E-state index in [4.69, 9.17) is 11.6 Å². The number of benzene rings is 2. The monoisotopic (exact) mass is 400 g/mol. The maximum atomic E-state index is 13.0. The summed E-state index contributed by atoms with van der Waals surface area (Å²) in [6, 6.07) is 16.6. The molecule has 0 aliphatic rings. The lowest BCUT2D eigenvalue weighted by atomic mass is 10.0. The molecule has 0 heterocycles. The summed E-state index contributed by atoms with van der Waals surface area (Å²) in [7, 11) is 0. The van der Waals surface area contributed by atoms with Crippen molar-refractivity contribution in [1.82, 2.24) is 10.2 Å². The number of halogens is 1. The molecule has 0 bridgehead atoms. The third kappa shape index (κ3) is 6.68. The summed E-state index contributed by atoms with van der Waals surface area (Å²) in [6.07, 6.45) is 0.820. The molecule has 2 aromatic carbocycles. The summed E-state index contributed by atoms with van der Waals surface area (Å²) in [4.78, 5) is 27.5. The molecule has 1 N–H and O–H groups in total. The fraction of sp³-hybridized carbons (Fsp3) is 0.391. The van der Waals surface area contributed by atoms with E-state index in [1.54, 1.807) is 17.0 Å². The molecule has 150 valence electrons. The van der Waals surface area contributed by atoms with E-state index < -0.39 is 6.04 Å². The Morgan fingerprint density at radius 2 is 1.64 bits per heavy atom. The molecule has 2 aromatic rings.